The van der Waals surface area contributed by atoms with Crippen molar-refractivity contribution in [1.29, 1.82) is 0 Å². The molecule has 156 valence electrons. The van der Waals surface area contributed by atoms with Gasteiger partial charge in [0, 0.05) is 42.9 Å². The quantitative estimate of drug-likeness (QED) is 0.497. The zero-order valence-corrected chi connectivity index (χ0v) is 16.5. The molecule has 0 saturated carbocycles. The topological polar surface area (TPSA) is 119 Å². The molecular weight excluding hydrogens is 384 g/mol. The van der Waals surface area contributed by atoms with Gasteiger partial charge < -0.3 is 20.4 Å². The molecule has 2 heterocycles. The van der Waals surface area contributed by atoms with Crippen LogP contribution in [-0.4, -0.2) is 52.0 Å². The van der Waals surface area contributed by atoms with Crippen molar-refractivity contribution in [2.45, 2.75) is 19.4 Å². The molecule has 4 rings (SSSR count). The number of aromatic carboxylic acids is 1. The van der Waals surface area contributed by atoms with Crippen molar-refractivity contribution in [2.75, 3.05) is 24.6 Å². The van der Waals surface area contributed by atoms with Crippen molar-refractivity contribution in [3.8, 4) is 0 Å². The lowest BCUT2D eigenvalue weighted by molar-refractivity contribution is 0.0692. The van der Waals surface area contributed by atoms with Crippen LogP contribution in [0.15, 0.2) is 42.5 Å². The lowest BCUT2D eigenvalue weighted by Gasteiger charge is -2.33. The first kappa shape index (κ1) is 19.9. The third kappa shape index (κ3) is 4.13. The molecular formula is C22H24N4O4. The smallest absolute Gasteiger partial charge is 0.357 e. The Morgan fingerprint density at radius 3 is 2.53 bits per heavy atom. The second-order valence-corrected chi connectivity index (χ2v) is 7.60. The average molecular weight is 408 g/mol. The van der Waals surface area contributed by atoms with Gasteiger partial charge in [-0.2, -0.15) is 5.10 Å². The third-order valence-electron chi connectivity index (χ3n) is 5.65. The lowest BCUT2D eigenvalue weighted by atomic mass is 9.97. The van der Waals surface area contributed by atoms with E-state index in [1.165, 1.54) is 6.07 Å². The van der Waals surface area contributed by atoms with E-state index in [0.29, 0.717) is 28.9 Å². The first-order valence-corrected chi connectivity index (χ1v) is 9.99. The minimum atomic E-state index is -1.14. The molecule has 1 saturated heterocycles. The van der Waals surface area contributed by atoms with E-state index in [4.69, 9.17) is 0 Å². The number of aliphatic hydroxyl groups excluding tert-OH is 1. The number of anilines is 1. The summed E-state index contributed by atoms with van der Waals surface area (Å²) in [5.74, 6) is -1.01. The number of carboxylic acids is 1. The van der Waals surface area contributed by atoms with Gasteiger partial charge in [0.2, 0.25) is 0 Å². The van der Waals surface area contributed by atoms with Crippen LogP contribution in [-0.2, 0) is 6.54 Å². The van der Waals surface area contributed by atoms with Crippen molar-refractivity contribution >= 4 is 28.5 Å². The average Bonchev–Trinajstić information content (AvgIpc) is 3.21. The Hall–Kier alpha value is -3.39. The number of hydrogen-bond donors (Lipinski definition) is 4. The molecule has 1 aliphatic heterocycles. The Morgan fingerprint density at radius 1 is 1.13 bits per heavy atom. The van der Waals surface area contributed by atoms with Gasteiger partial charge >= 0.3 is 5.97 Å². The number of aromatic nitrogens is 2. The molecule has 2 aromatic carbocycles. The Labute approximate surface area is 173 Å². The standard InChI is InChI=1S/C22H24N4O4/c27-13-15-7-9-26(10-8-15)17-4-1-14(2-5-17)12-23-21(28)16-3-6-19-18(11-16)20(22(29)30)25-24-19/h1-6,11,15,27H,7-10,12-13H2,(H,23,28)(H,24,25)(H,29,30). The number of H-pyrrole nitrogens is 1. The van der Waals surface area contributed by atoms with E-state index in [-0.39, 0.29) is 18.2 Å². The van der Waals surface area contributed by atoms with Crippen molar-refractivity contribution in [1.82, 2.24) is 15.5 Å². The summed E-state index contributed by atoms with van der Waals surface area (Å²) in [5, 5.41) is 28.2. The lowest BCUT2D eigenvalue weighted by Crippen LogP contribution is -2.34. The van der Waals surface area contributed by atoms with Gasteiger partial charge in [-0.15, -0.1) is 0 Å². The number of aromatic amines is 1. The summed E-state index contributed by atoms with van der Waals surface area (Å²) in [6.45, 7) is 2.52. The molecule has 0 unspecified atom stereocenters. The van der Waals surface area contributed by atoms with E-state index < -0.39 is 5.97 Å². The van der Waals surface area contributed by atoms with E-state index in [1.54, 1.807) is 12.1 Å². The molecule has 0 atom stereocenters. The van der Waals surface area contributed by atoms with Gasteiger partial charge in [0.1, 0.15) is 0 Å². The molecule has 3 aromatic rings. The number of carbonyl (C=O) groups is 2. The number of carboxylic acid groups (broad SMARTS) is 1. The van der Waals surface area contributed by atoms with Crippen LogP contribution in [0.25, 0.3) is 10.9 Å². The van der Waals surface area contributed by atoms with E-state index in [2.05, 4.69) is 32.5 Å². The molecule has 8 heteroatoms. The van der Waals surface area contributed by atoms with Crippen molar-refractivity contribution in [3.63, 3.8) is 0 Å². The monoisotopic (exact) mass is 408 g/mol. The molecule has 0 aliphatic carbocycles. The van der Waals surface area contributed by atoms with Gasteiger partial charge in [-0.1, -0.05) is 12.1 Å². The van der Waals surface area contributed by atoms with Gasteiger partial charge in [0.25, 0.3) is 5.91 Å². The highest BCUT2D eigenvalue weighted by Crippen LogP contribution is 2.23. The summed E-state index contributed by atoms with van der Waals surface area (Å²) in [5.41, 5.74) is 2.98. The predicted molar refractivity (Wildman–Crippen MR) is 113 cm³/mol. The van der Waals surface area contributed by atoms with E-state index >= 15 is 0 Å². The maximum Gasteiger partial charge on any atom is 0.357 e. The fraction of sp³-hybridized carbons (Fsp3) is 0.318. The van der Waals surface area contributed by atoms with Gasteiger partial charge in [-0.05, 0) is 54.7 Å². The van der Waals surface area contributed by atoms with Crippen molar-refractivity contribution in [2.24, 2.45) is 5.92 Å². The largest absolute Gasteiger partial charge is 0.476 e. The first-order valence-electron chi connectivity index (χ1n) is 9.99. The molecule has 1 aromatic heterocycles. The maximum atomic E-state index is 12.5. The van der Waals surface area contributed by atoms with Crippen LogP contribution in [0.5, 0.6) is 0 Å². The second-order valence-electron chi connectivity index (χ2n) is 7.60. The van der Waals surface area contributed by atoms with Crippen molar-refractivity contribution < 1.29 is 19.8 Å². The van der Waals surface area contributed by atoms with Gasteiger partial charge in [-0.3, -0.25) is 9.89 Å². The molecule has 8 nitrogen and oxygen atoms in total. The Bertz CT molecular complexity index is 1050. The number of carbonyl (C=O) groups excluding carboxylic acids is 1. The fourth-order valence-electron chi connectivity index (χ4n) is 3.80. The van der Waals surface area contributed by atoms with Crippen LogP contribution in [0.4, 0.5) is 5.69 Å². The van der Waals surface area contributed by atoms with Gasteiger partial charge in [-0.25, -0.2) is 4.79 Å². The van der Waals surface area contributed by atoms with Gasteiger partial charge in [0.05, 0.1) is 5.52 Å². The number of nitrogens with one attached hydrogen (secondary N) is 2. The number of aliphatic hydroxyl groups is 1. The number of amides is 1. The highest BCUT2D eigenvalue weighted by molar-refractivity contribution is 6.04. The second kappa shape index (κ2) is 8.54. The molecule has 1 fully saturated rings. The Kier molecular flexibility index (Phi) is 5.67. The third-order valence-corrected chi connectivity index (χ3v) is 5.65. The summed E-state index contributed by atoms with van der Waals surface area (Å²) in [4.78, 5) is 26.1. The molecule has 4 N–H and O–H groups in total. The van der Waals surface area contributed by atoms with Crippen LogP contribution < -0.4 is 10.2 Å². The van der Waals surface area contributed by atoms with E-state index in [9.17, 15) is 19.8 Å². The minimum Gasteiger partial charge on any atom is -0.476 e. The minimum absolute atomic E-state index is 0.0988. The van der Waals surface area contributed by atoms with Crippen LogP contribution in [0, 0.1) is 5.92 Å². The number of nitrogens with zero attached hydrogens (tertiary/aromatic N) is 2. The molecule has 0 spiro atoms. The highest BCUT2D eigenvalue weighted by Gasteiger charge is 2.19. The van der Waals surface area contributed by atoms with E-state index in [0.717, 1.165) is 37.2 Å². The van der Waals surface area contributed by atoms with E-state index in [1.807, 2.05) is 12.1 Å². The zero-order chi connectivity index (χ0) is 21.1. The number of rotatable bonds is 6. The summed E-state index contributed by atoms with van der Waals surface area (Å²) < 4.78 is 0. The number of fused-ring (bicyclic) bond motifs is 1. The molecule has 1 aliphatic rings. The highest BCUT2D eigenvalue weighted by atomic mass is 16.4. The molecule has 0 radical (unpaired) electrons. The number of benzene rings is 2. The Balaban J connectivity index is 1.37. The maximum absolute atomic E-state index is 12.5. The normalized spacial score (nSPS) is 14.8. The SMILES string of the molecule is O=C(NCc1ccc(N2CCC(CO)CC2)cc1)c1ccc2[nH]nc(C(=O)O)c2c1. The number of hydrogen-bond acceptors (Lipinski definition) is 5. The summed E-state index contributed by atoms with van der Waals surface area (Å²) in [6, 6.07) is 12.9. The van der Waals surface area contributed by atoms with Crippen LogP contribution in [0.2, 0.25) is 0 Å². The Morgan fingerprint density at radius 2 is 1.87 bits per heavy atom. The van der Waals surface area contributed by atoms with Crippen molar-refractivity contribution in [3.05, 3.63) is 59.3 Å². The van der Waals surface area contributed by atoms with Gasteiger partial charge in [0.15, 0.2) is 5.69 Å². The summed E-state index contributed by atoms with van der Waals surface area (Å²) in [6.07, 6.45) is 2.00. The van der Waals surface area contributed by atoms with Crippen LogP contribution in [0.1, 0.15) is 39.3 Å². The summed E-state index contributed by atoms with van der Waals surface area (Å²) >= 11 is 0. The molecule has 30 heavy (non-hydrogen) atoms. The zero-order valence-electron chi connectivity index (χ0n) is 16.5. The molecule has 1 amide bonds. The first-order chi connectivity index (χ1) is 14.5. The van der Waals surface area contributed by atoms with Crippen LogP contribution >= 0.6 is 0 Å². The predicted octanol–water partition coefficient (Wildman–Crippen LogP) is 2.40. The number of piperidine rings is 1. The van der Waals surface area contributed by atoms with Crippen LogP contribution in [0.3, 0.4) is 0 Å². The molecule has 0 bridgehead atoms. The summed E-state index contributed by atoms with van der Waals surface area (Å²) in [7, 11) is 0. The fourth-order valence-corrected chi connectivity index (χ4v) is 3.80.